The molecule has 14 heteroatoms. The highest BCUT2D eigenvalue weighted by atomic mass is 32.2. The lowest BCUT2D eigenvalue weighted by atomic mass is 10.0. The summed E-state index contributed by atoms with van der Waals surface area (Å²) in [7, 11) is -0.698. The van der Waals surface area contributed by atoms with Crippen molar-refractivity contribution in [2.75, 3.05) is 23.8 Å². The number of likely N-dealkylation sites (N-methyl/N-ethyl adjacent to an activating group) is 1. The van der Waals surface area contributed by atoms with Crippen LogP contribution in [0.15, 0.2) is 52.5 Å². The van der Waals surface area contributed by atoms with Gasteiger partial charge in [-0.2, -0.15) is 8.42 Å². The van der Waals surface area contributed by atoms with Crippen LogP contribution in [-0.2, 0) is 27.3 Å². The maximum absolute atomic E-state index is 11.7. The quantitative estimate of drug-likeness (QED) is 0.201. The Bertz CT molecular complexity index is 1590. The van der Waals surface area contributed by atoms with Crippen LogP contribution in [0.2, 0.25) is 0 Å². The Hall–Kier alpha value is -2.75. The van der Waals surface area contributed by atoms with Crippen LogP contribution in [0.1, 0.15) is 33.0 Å². The molecule has 5 rings (SSSR count). The first-order chi connectivity index (χ1) is 18.3. The second-order valence-corrected chi connectivity index (χ2v) is 13.7. The molecule has 9 nitrogen and oxygen atoms in total. The SMILES string of the molecule is COS(=O)(=O)Nc1ccc(CC(c2csc(-c3cccs3)n2)N(C)c2nnc(Cc3csc(C)n3)s2)cc1. The number of aryl methyl sites for hydroxylation is 1. The van der Waals surface area contributed by atoms with Gasteiger partial charge in [0.05, 0.1) is 40.1 Å². The van der Waals surface area contributed by atoms with Crippen molar-refractivity contribution in [3.63, 3.8) is 0 Å². The Kier molecular flexibility index (Phi) is 8.16. The fraction of sp³-hybridized carbons (Fsp3) is 0.250. The minimum absolute atomic E-state index is 0.108. The van der Waals surface area contributed by atoms with Crippen molar-refractivity contribution >= 4 is 66.5 Å². The molecule has 0 fully saturated rings. The topological polar surface area (TPSA) is 110 Å². The molecule has 0 bridgehead atoms. The third kappa shape index (κ3) is 6.45. The van der Waals surface area contributed by atoms with Crippen molar-refractivity contribution in [3.8, 4) is 9.88 Å². The first-order valence-electron chi connectivity index (χ1n) is 11.4. The monoisotopic (exact) mass is 604 g/mol. The van der Waals surface area contributed by atoms with E-state index in [0.29, 0.717) is 18.5 Å². The minimum atomic E-state index is -3.82. The standard InChI is InChI=1S/C24H24N6O3S5/c1-15-25-18(13-35-15)12-22-27-28-24(37-22)30(2)20(19-14-36-23(26-19)21-5-4-10-34-21)11-16-6-8-17(9-7-16)29-38(31,32)33-3/h4-10,13-14,20,29H,11-12H2,1-3H3. The van der Waals surface area contributed by atoms with Crippen molar-refractivity contribution in [1.82, 2.24) is 20.2 Å². The number of thiazole rings is 2. The Morgan fingerprint density at radius 3 is 2.55 bits per heavy atom. The second-order valence-electron chi connectivity index (χ2n) is 8.32. The minimum Gasteiger partial charge on any atom is -0.341 e. The van der Waals surface area contributed by atoms with Crippen LogP contribution in [0, 0.1) is 6.92 Å². The van der Waals surface area contributed by atoms with E-state index in [4.69, 9.17) is 4.98 Å². The number of aromatic nitrogens is 4. The van der Waals surface area contributed by atoms with E-state index >= 15 is 0 Å². The highest BCUT2D eigenvalue weighted by molar-refractivity contribution is 7.88. The predicted molar refractivity (Wildman–Crippen MR) is 156 cm³/mol. The van der Waals surface area contributed by atoms with Crippen LogP contribution in [0.3, 0.4) is 0 Å². The predicted octanol–water partition coefficient (Wildman–Crippen LogP) is 5.80. The number of benzene rings is 1. The molecule has 0 saturated heterocycles. The smallest absolute Gasteiger partial charge is 0.341 e. The molecule has 1 atom stereocenters. The molecule has 1 aromatic carbocycles. The van der Waals surface area contributed by atoms with E-state index in [1.54, 1.807) is 57.5 Å². The van der Waals surface area contributed by atoms with Crippen LogP contribution in [0.25, 0.3) is 9.88 Å². The van der Waals surface area contributed by atoms with E-state index in [9.17, 15) is 8.42 Å². The number of hydrogen-bond acceptors (Lipinski definition) is 12. The lowest BCUT2D eigenvalue weighted by molar-refractivity contribution is 0.402. The zero-order valence-electron chi connectivity index (χ0n) is 20.7. The summed E-state index contributed by atoms with van der Waals surface area (Å²) in [6, 6.07) is 11.2. The van der Waals surface area contributed by atoms with Gasteiger partial charge in [0.2, 0.25) is 5.13 Å². The van der Waals surface area contributed by atoms with Gasteiger partial charge in [-0.1, -0.05) is 29.5 Å². The maximum atomic E-state index is 11.7. The summed E-state index contributed by atoms with van der Waals surface area (Å²) in [6.07, 6.45) is 1.29. The highest BCUT2D eigenvalue weighted by Crippen LogP contribution is 2.35. The normalized spacial score (nSPS) is 12.5. The molecule has 0 saturated carbocycles. The summed E-state index contributed by atoms with van der Waals surface area (Å²) in [4.78, 5) is 12.8. The molecule has 0 radical (unpaired) electrons. The van der Waals surface area contributed by atoms with Gasteiger partial charge >= 0.3 is 10.3 Å². The summed E-state index contributed by atoms with van der Waals surface area (Å²) in [5.74, 6) is 0. The lowest BCUT2D eigenvalue weighted by Gasteiger charge is -2.26. The Morgan fingerprint density at radius 1 is 1.05 bits per heavy atom. The molecule has 1 N–H and O–H groups in total. The first kappa shape index (κ1) is 26.8. The van der Waals surface area contributed by atoms with Crippen LogP contribution in [-0.4, -0.2) is 42.7 Å². The molecule has 0 spiro atoms. The number of nitrogens with zero attached hydrogens (tertiary/aromatic N) is 5. The molecule has 5 aromatic rings. The Morgan fingerprint density at radius 2 is 1.87 bits per heavy atom. The van der Waals surface area contributed by atoms with Gasteiger partial charge in [0.15, 0.2) is 0 Å². The van der Waals surface area contributed by atoms with Crippen LogP contribution >= 0.6 is 45.3 Å². The average molecular weight is 605 g/mol. The van der Waals surface area contributed by atoms with Crippen LogP contribution < -0.4 is 9.62 Å². The average Bonchev–Trinajstić information content (AvgIpc) is 3.71. The zero-order valence-corrected chi connectivity index (χ0v) is 24.8. The molecule has 0 aliphatic rings. The third-order valence-corrected chi connectivity index (χ3v) is 10.3. The molecular weight excluding hydrogens is 581 g/mol. The summed E-state index contributed by atoms with van der Waals surface area (Å²) in [5, 5.41) is 18.8. The summed E-state index contributed by atoms with van der Waals surface area (Å²) >= 11 is 6.47. The molecule has 198 valence electrons. The van der Waals surface area contributed by atoms with Crippen molar-refractivity contribution in [2.24, 2.45) is 0 Å². The molecule has 38 heavy (non-hydrogen) atoms. The van der Waals surface area contributed by atoms with E-state index in [0.717, 1.165) is 49.1 Å². The van der Waals surface area contributed by atoms with Gasteiger partial charge in [0.25, 0.3) is 0 Å². The number of hydrogen-bond donors (Lipinski definition) is 1. The highest BCUT2D eigenvalue weighted by Gasteiger charge is 2.25. The van der Waals surface area contributed by atoms with Gasteiger partial charge in [-0.25, -0.2) is 9.97 Å². The van der Waals surface area contributed by atoms with Crippen molar-refractivity contribution in [3.05, 3.63) is 79.5 Å². The molecular formula is C24H24N6O3S5. The molecule has 4 heterocycles. The largest absolute Gasteiger partial charge is 0.359 e. The summed E-state index contributed by atoms with van der Waals surface area (Å²) < 4.78 is 30.3. The number of rotatable bonds is 11. The molecule has 1 unspecified atom stereocenters. The maximum Gasteiger partial charge on any atom is 0.359 e. The van der Waals surface area contributed by atoms with Gasteiger partial charge in [-0.05, 0) is 42.5 Å². The van der Waals surface area contributed by atoms with E-state index < -0.39 is 10.3 Å². The van der Waals surface area contributed by atoms with Crippen molar-refractivity contribution in [1.29, 1.82) is 0 Å². The van der Waals surface area contributed by atoms with Gasteiger partial charge in [0.1, 0.15) is 10.0 Å². The van der Waals surface area contributed by atoms with Gasteiger partial charge in [0, 0.05) is 24.2 Å². The van der Waals surface area contributed by atoms with E-state index in [2.05, 4.69) is 45.8 Å². The van der Waals surface area contributed by atoms with Gasteiger partial charge in [-0.3, -0.25) is 8.91 Å². The zero-order chi connectivity index (χ0) is 26.7. The molecule has 0 aliphatic heterocycles. The molecule has 0 amide bonds. The fourth-order valence-electron chi connectivity index (χ4n) is 3.75. The summed E-state index contributed by atoms with van der Waals surface area (Å²) in [6.45, 7) is 2.00. The van der Waals surface area contributed by atoms with Crippen LogP contribution in [0.5, 0.6) is 0 Å². The van der Waals surface area contributed by atoms with E-state index in [1.165, 1.54) is 0 Å². The van der Waals surface area contributed by atoms with Crippen LogP contribution in [0.4, 0.5) is 10.8 Å². The van der Waals surface area contributed by atoms with Gasteiger partial charge in [-0.15, -0.1) is 44.2 Å². The fourth-order valence-corrected chi connectivity index (χ4v) is 7.41. The van der Waals surface area contributed by atoms with E-state index in [-0.39, 0.29) is 6.04 Å². The Balaban J connectivity index is 1.40. The Labute approximate surface area is 237 Å². The second kappa shape index (κ2) is 11.6. The first-order valence-corrected chi connectivity index (χ1v) is 16.3. The number of thiophene rings is 1. The van der Waals surface area contributed by atoms with E-state index in [1.807, 2.05) is 37.6 Å². The van der Waals surface area contributed by atoms with Crippen molar-refractivity contribution < 1.29 is 12.6 Å². The van der Waals surface area contributed by atoms with Crippen molar-refractivity contribution in [2.45, 2.75) is 25.8 Å². The third-order valence-electron chi connectivity index (χ3n) is 5.66. The number of nitrogens with one attached hydrogen (secondary N) is 1. The summed E-state index contributed by atoms with van der Waals surface area (Å²) in [5.41, 5.74) is 3.39. The molecule has 4 aromatic heterocycles. The molecule has 0 aliphatic carbocycles. The lowest BCUT2D eigenvalue weighted by Crippen LogP contribution is -2.26. The number of anilines is 2. The van der Waals surface area contributed by atoms with Gasteiger partial charge < -0.3 is 4.90 Å².